The maximum atomic E-state index is 11.7. The highest BCUT2D eigenvalue weighted by Gasteiger charge is 2.65. The van der Waals surface area contributed by atoms with Crippen LogP contribution in [-0.4, -0.2) is 33.6 Å². The summed E-state index contributed by atoms with van der Waals surface area (Å²) in [5.41, 5.74) is 2.96. The summed E-state index contributed by atoms with van der Waals surface area (Å²) in [6.45, 7) is 13.7. The van der Waals surface area contributed by atoms with Crippen LogP contribution in [0.25, 0.3) is 0 Å². The monoisotopic (exact) mass is 432 g/mol. The lowest BCUT2D eigenvalue weighted by Gasteiger charge is -2.62. The van der Waals surface area contributed by atoms with E-state index in [0.29, 0.717) is 29.6 Å². The molecule has 178 valence electrons. The Balaban J connectivity index is 1.57. The first-order valence-corrected chi connectivity index (χ1v) is 13.2. The van der Waals surface area contributed by atoms with Gasteiger partial charge in [0.15, 0.2) is 0 Å². The first kappa shape index (κ1) is 23.8. The maximum Gasteiger partial charge on any atom is 0.0603 e. The largest absolute Gasteiger partial charge is 0.393 e. The van der Waals surface area contributed by atoms with Crippen molar-refractivity contribution in [1.82, 2.24) is 0 Å². The molecular formula is C28H48O3. The molecule has 3 nitrogen and oxygen atoms in total. The van der Waals surface area contributed by atoms with Crippen LogP contribution >= 0.6 is 0 Å². The molecule has 0 heterocycles. The lowest BCUT2D eigenvalue weighted by molar-refractivity contribution is -0.176. The van der Waals surface area contributed by atoms with E-state index < -0.39 is 0 Å². The Hall–Kier alpha value is -0.380. The molecule has 0 saturated heterocycles. The minimum atomic E-state index is -0.324. The zero-order chi connectivity index (χ0) is 22.7. The van der Waals surface area contributed by atoms with Crippen LogP contribution in [0.2, 0.25) is 0 Å². The normalized spacial score (nSPS) is 50.2. The van der Waals surface area contributed by atoms with Crippen LogP contribution in [0, 0.1) is 46.3 Å². The molecule has 4 rings (SSSR count). The van der Waals surface area contributed by atoms with E-state index in [4.69, 9.17) is 0 Å². The van der Waals surface area contributed by atoms with E-state index in [-0.39, 0.29) is 35.1 Å². The molecule has 0 bridgehead atoms. The van der Waals surface area contributed by atoms with Crippen molar-refractivity contribution in [1.29, 1.82) is 0 Å². The fourth-order valence-corrected chi connectivity index (χ4v) is 9.13. The fraction of sp³-hybridized carbons (Fsp3) is 0.929. The van der Waals surface area contributed by atoms with Gasteiger partial charge in [0.25, 0.3) is 0 Å². The number of hydrogen-bond donors (Lipinski definition) is 3. The molecule has 0 spiro atoms. The first-order valence-electron chi connectivity index (χ1n) is 13.2. The van der Waals surface area contributed by atoms with Gasteiger partial charge in [0.2, 0.25) is 0 Å². The van der Waals surface area contributed by atoms with Crippen molar-refractivity contribution in [3.63, 3.8) is 0 Å². The van der Waals surface area contributed by atoms with Crippen LogP contribution in [-0.2, 0) is 0 Å². The van der Waals surface area contributed by atoms with Crippen molar-refractivity contribution in [2.45, 2.75) is 118 Å². The average Bonchev–Trinajstić information content (AvgIpc) is 2.99. The highest BCUT2D eigenvalue weighted by molar-refractivity contribution is 5.15. The van der Waals surface area contributed by atoms with Crippen molar-refractivity contribution < 1.29 is 15.3 Å². The molecule has 4 aliphatic carbocycles. The lowest BCUT2D eigenvalue weighted by Crippen LogP contribution is -2.59. The molecule has 31 heavy (non-hydrogen) atoms. The minimum Gasteiger partial charge on any atom is -0.393 e. The lowest BCUT2D eigenvalue weighted by atomic mass is 9.43. The predicted molar refractivity (Wildman–Crippen MR) is 126 cm³/mol. The van der Waals surface area contributed by atoms with Gasteiger partial charge >= 0.3 is 0 Å². The molecule has 0 aromatic heterocycles. The summed E-state index contributed by atoms with van der Waals surface area (Å²) in [6.07, 6.45) is 8.61. The topological polar surface area (TPSA) is 60.7 Å². The Morgan fingerprint density at radius 1 is 0.935 bits per heavy atom. The van der Waals surface area contributed by atoms with Gasteiger partial charge in [-0.15, -0.1) is 0 Å². The van der Waals surface area contributed by atoms with E-state index in [1.807, 2.05) is 0 Å². The summed E-state index contributed by atoms with van der Waals surface area (Å²) in [7, 11) is 0. The van der Waals surface area contributed by atoms with E-state index in [1.54, 1.807) is 0 Å². The van der Waals surface area contributed by atoms with Gasteiger partial charge in [0, 0.05) is 5.41 Å². The maximum absolute atomic E-state index is 11.7. The van der Waals surface area contributed by atoms with E-state index >= 15 is 0 Å². The molecular weight excluding hydrogens is 384 g/mol. The molecule has 0 unspecified atom stereocenters. The fourth-order valence-electron chi connectivity index (χ4n) is 9.13. The van der Waals surface area contributed by atoms with Crippen molar-refractivity contribution in [3.8, 4) is 0 Å². The Kier molecular flexibility index (Phi) is 6.47. The highest BCUT2D eigenvalue weighted by atomic mass is 16.3. The molecule has 0 aromatic rings. The standard InChI is InChI=1S/C28H48O3/c1-16(2)17(3)7-8-18(4)26-24(30)14-23-21-10-9-19-13-20(29)11-12-27(19,5)22(21)15-25(31)28(23,26)6/h18-26,29-31H,7-15H2,1-6H3/t18-,19+,20-,21-,22+,23+,24-,25+,26+,27+,28-/m1/s1. The van der Waals surface area contributed by atoms with E-state index in [0.717, 1.165) is 44.9 Å². The quantitative estimate of drug-likeness (QED) is 0.498. The second-order valence-electron chi connectivity index (χ2n) is 12.8. The van der Waals surface area contributed by atoms with Gasteiger partial charge in [-0.2, -0.15) is 0 Å². The summed E-state index contributed by atoms with van der Waals surface area (Å²) in [4.78, 5) is 0. The third-order valence-corrected chi connectivity index (χ3v) is 11.3. The number of aliphatic hydroxyl groups is 3. The highest BCUT2D eigenvalue weighted by Crippen LogP contribution is 2.68. The molecule has 4 saturated carbocycles. The second kappa shape index (κ2) is 8.44. The van der Waals surface area contributed by atoms with Crippen LogP contribution in [0.1, 0.15) is 99.3 Å². The molecule has 4 fully saturated rings. The van der Waals surface area contributed by atoms with Crippen molar-refractivity contribution >= 4 is 0 Å². The summed E-state index contributed by atoms with van der Waals surface area (Å²) < 4.78 is 0. The molecule has 3 heteroatoms. The van der Waals surface area contributed by atoms with Crippen molar-refractivity contribution in [2.24, 2.45) is 46.3 Å². The van der Waals surface area contributed by atoms with E-state index in [2.05, 4.69) is 41.5 Å². The summed E-state index contributed by atoms with van der Waals surface area (Å²) in [5, 5.41) is 33.3. The van der Waals surface area contributed by atoms with Gasteiger partial charge in [-0.3, -0.25) is 0 Å². The Morgan fingerprint density at radius 3 is 2.32 bits per heavy atom. The van der Waals surface area contributed by atoms with Crippen LogP contribution in [0.15, 0.2) is 11.1 Å². The molecule has 3 N–H and O–H groups in total. The number of fused-ring (bicyclic) bond motifs is 5. The SMILES string of the molecule is CC(C)=C(C)CC[C@@H](C)[C@H]1[C@H](O)C[C@H]2[C@@H]3CC[C@H]4C[C@H](O)CC[C@]4(C)[C@H]3C[C@H](O)[C@]12C. The summed E-state index contributed by atoms with van der Waals surface area (Å²) in [5.74, 6) is 2.80. The molecule has 4 aliphatic rings. The van der Waals surface area contributed by atoms with Crippen molar-refractivity contribution in [2.75, 3.05) is 0 Å². The summed E-state index contributed by atoms with van der Waals surface area (Å²) in [6, 6.07) is 0. The van der Waals surface area contributed by atoms with Crippen molar-refractivity contribution in [3.05, 3.63) is 11.1 Å². The van der Waals surface area contributed by atoms with E-state index in [9.17, 15) is 15.3 Å². The van der Waals surface area contributed by atoms with Gasteiger partial charge in [-0.1, -0.05) is 31.9 Å². The smallest absolute Gasteiger partial charge is 0.0603 e. The van der Waals surface area contributed by atoms with Crippen LogP contribution in [0.3, 0.4) is 0 Å². The Morgan fingerprint density at radius 2 is 1.65 bits per heavy atom. The van der Waals surface area contributed by atoms with E-state index in [1.165, 1.54) is 24.0 Å². The number of rotatable bonds is 4. The zero-order valence-electron chi connectivity index (χ0n) is 20.9. The van der Waals surface area contributed by atoms with Crippen LogP contribution in [0.5, 0.6) is 0 Å². The number of aliphatic hydroxyl groups excluding tert-OH is 3. The Labute approximate surface area is 190 Å². The van der Waals surface area contributed by atoms with Gasteiger partial charge in [-0.05, 0) is 119 Å². The molecule has 0 radical (unpaired) electrons. The first-order chi connectivity index (χ1) is 14.5. The zero-order valence-corrected chi connectivity index (χ0v) is 20.9. The van der Waals surface area contributed by atoms with Gasteiger partial charge in [-0.25, -0.2) is 0 Å². The van der Waals surface area contributed by atoms with Gasteiger partial charge in [0.1, 0.15) is 0 Å². The average molecular weight is 433 g/mol. The third kappa shape index (κ3) is 3.75. The number of hydrogen-bond acceptors (Lipinski definition) is 3. The second-order valence-corrected chi connectivity index (χ2v) is 12.8. The van der Waals surface area contributed by atoms with Gasteiger partial charge < -0.3 is 15.3 Å². The summed E-state index contributed by atoms with van der Waals surface area (Å²) >= 11 is 0. The van der Waals surface area contributed by atoms with Gasteiger partial charge in [0.05, 0.1) is 18.3 Å². The minimum absolute atomic E-state index is 0.129. The predicted octanol–water partition coefficient (Wildman–Crippen LogP) is 5.72. The molecule has 0 amide bonds. The van der Waals surface area contributed by atoms with Crippen LogP contribution < -0.4 is 0 Å². The third-order valence-electron chi connectivity index (χ3n) is 11.3. The molecule has 0 aliphatic heterocycles. The Bertz CT molecular complexity index is 696. The molecule has 11 atom stereocenters. The number of allylic oxidation sites excluding steroid dienone is 2. The molecule has 0 aromatic carbocycles. The van der Waals surface area contributed by atoms with Crippen LogP contribution in [0.4, 0.5) is 0 Å².